The zero-order chi connectivity index (χ0) is 85.5. The van der Waals surface area contributed by atoms with Crippen LogP contribution in [0, 0.1) is 68.9 Å². The number of aliphatic hydroxyl groups is 2. The van der Waals surface area contributed by atoms with Gasteiger partial charge in [0.2, 0.25) is 0 Å². The van der Waals surface area contributed by atoms with E-state index >= 15 is 0 Å². The summed E-state index contributed by atoms with van der Waals surface area (Å²) in [4.78, 5) is 21.9. The predicted molar refractivity (Wildman–Crippen MR) is 446 cm³/mol. The van der Waals surface area contributed by atoms with Gasteiger partial charge in [0.15, 0.2) is 34.7 Å². The van der Waals surface area contributed by atoms with Crippen LogP contribution in [0.5, 0.6) is 17.2 Å². The largest absolute Gasteiger partial charge is 0.488 e. The summed E-state index contributed by atoms with van der Waals surface area (Å²) in [5.41, 5.74) is 4.31. The van der Waals surface area contributed by atoms with Gasteiger partial charge in [-0.25, -0.2) is 35.9 Å². The summed E-state index contributed by atoms with van der Waals surface area (Å²) >= 11 is 32.2. The molecule has 3 aliphatic heterocycles. The Balaban J connectivity index is 0.000000266. The smallest absolute Gasteiger partial charge is 0.450 e. The molecule has 0 spiro atoms. The molecule has 0 saturated heterocycles. The van der Waals surface area contributed by atoms with Crippen molar-refractivity contribution in [2.75, 3.05) is 39.6 Å². The molecule has 0 aromatic heterocycles. The van der Waals surface area contributed by atoms with Gasteiger partial charge >= 0.3 is 17.1 Å². The highest BCUT2D eigenvalue weighted by Crippen LogP contribution is 2.43. The van der Waals surface area contributed by atoms with E-state index in [0.29, 0.717) is 66.8 Å². The highest BCUT2D eigenvalue weighted by Gasteiger charge is 2.39. The average molecular weight is 1730 g/mol. The third-order valence-electron chi connectivity index (χ3n) is 17.7. The fraction of sp³-hybridized carbons (Fsp3) is 0.430. The van der Waals surface area contributed by atoms with Crippen molar-refractivity contribution in [3.63, 3.8) is 0 Å². The molecular formula is C86H100BCl6F6N7O10. The molecule has 0 bridgehead atoms. The van der Waals surface area contributed by atoms with Gasteiger partial charge in [-0.3, -0.25) is 0 Å². The number of carbonyl (C=O) groups excluding carboxylic acids is 2. The molecular weight excluding hydrogens is 1630 g/mol. The van der Waals surface area contributed by atoms with Gasteiger partial charge in [-0.15, -0.1) is 0 Å². The normalized spacial score (nSPS) is 15.9. The van der Waals surface area contributed by atoms with Crippen LogP contribution in [-0.4, -0.2) is 114 Å². The van der Waals surface area contributed by atoms with Crippen molar-refractivity contribution >= 4 is 91.9 Å². The number of fused-ring (bicyclic) bond motifs is 3. The number of hydrogen-bond acceptors (Lipinski definition) is 15. The summed E-state index contributed by atoms with van der Waals surface area (Å²) in [7, 11) is 0. The first-order valence-corrected chi connectivity index (χ1v) is 40.3. The van der Waals surface area contributed by atoms with Gasteiger partial charge in [-0.1, -0.05) is 128 Å². The summed E-state index contributed by atoms with van der Waals surface area (Å²) < 4.78 is 118. The SMILES string of the molecule is CCC[C@@H](CC#N)NC(=O)OC(C)(C)C.CCC[C@@H](CO)NC(=O)OC(C)(C)C.ClB(Cl)Cl.Fc1ccc(F)c2c1OCC=C2Cc1ccc(Cl)cc1.N#CC[C@H](CCO)NC1COc2c(F)ccc(F)c2C1Cc1ccc(Cl)cc1.N#CC[C@H](CCOCc1ccccc1)NC1COc2c(F)ccc(F)c2C1Cc1ccc(Cl)cc1. The summed E-state index contributed by atoms with van der Waals surface area (Å²) in [6.45, 7) is 16.2. The first kappa shape index (κ1) is 98.4. The Bertz CT molecular complexity index is 4330. The third kappa shape index (κ3) is 35.2. The molecule has 116 heavy (non-hydrogen) atoms. The van der Waals surface area contributed by atoms with Crippen LogP contribution in [-0.2, 0) is 40.1 Å². The lowest BCUT2D eigenvalue weighted by Crippen LogP contribution is -2.48. The molecule has 3 aliphatic rings. The second kappa shape index (κ2) is 51.3. The molecule has 17 nitrogen and oxygen atoms in total. The van der Waals surface area contributed by atoms with Crippen molar-refractivity contribution in [1.29, 1.82) is 15.8 Å². The van der Waals surface area contributed by atoms with Gasteiger partial charge < -0.3 is 59.9 Å². The van der Waals surface area contributed by atoms with Gasteiger partial charge in [0.05, 0.1) is 62.3 Å². The Morgan fingerprint density at radius 2 is 0.914 bits per heavy atom. The van der Waals surface area contributed by atoms with Crippen molar-refractivity contribution in [1.82, 2.24) is 21.3 Å². The van der Waals surface area contributed by atoms with Gasteiger partial charge in [0.1, 0.15) is 48.5 Å². The summed E-state index contributed by atoms with van der Waals surface area (Å²) in [6.07, 6.45) is 7.46. The Labute approximate surface area is 707 Å². The minimum Gasteiger partial charge on any atom is -0.488 e. The number of nitriles is 3. The molecule has 7 aromatic carbocycles. The Hall–Kier alpha value is -8.13. The molecule has 0 radical (unpaired) electrons. The Morgan fingerprint density at radius 3 is 1.34 bits per heavy atom. The van der Waals surface area contributed by atoms with E-state index in [2.05, 4.69) is 39.5 Å². The molecule has 10 rings (SSSR count). The molecule has 4 unspecified atom stereocenters. The lowest BCUT2D eigenvalue weighted by Gasteiger charge is -2.36. The van der Waals surface area contributed by atoms with Gasteiger partial charge in [0, 0.05) is 81.5 Å². The van der Waals surface area contributed by atoms with E-state index in [1.165, 1.54) is 0 Å². The number of alkyl carbamates (subject to hydrolysis) is 2. The van der Waals surface area contributed by atoms with E-state index in [-0.39, 0.29) is 122 Å². The van der Waals surface area contributed by atoms with Crippen LogP contribution in [0.3, 0.4) is 0 Å². The zero-order valence-electron chi connectivity index (χ0n) is 66.0. The molecule has 0 saturated carbocycles. The maximum atomic E-state index is 15.0. The van der Waals surface area contributed by atoms with Crippen molar-refractivity contribution < 1.29 is 74.6 Å². The summed E-state index contributed by atoms with van der Waals surface area (Å²) in [6, 6.07) is 43.3. The fourth-order valence-electron chi connectivity index (χ4n) is 12.6. The van der Waals surface area contributed by atoms with Crippen LogP contribution >= 0.6 is 69.2 Å². The number of halogens is 12. The van der Waals surface area contributed by atoms with Crippen molar-refractivity contribution in [2.24, 2.45) is 0 Å². The second-order valence-corrected chi connectivity index (χ2v) is 32.5. The highest BCUT2D eigenvalue weighted by atomic mass is 35.6. The number of benzene rings is 7. The molecule has 6 N–H and O–H groups in total. The standard InChI is InChI=1S/C28H27ClF2N2O2.C21H21ClF2N2O2.C16H11ClF2O.C11H20N2O2.C10H21NO3.BCl3/c29-21-8-6-19(7-9-21)16-23-26(18-35-28-25(31)11-10-24(30)27(23)28)33-22(12-14-32)13-15-34-17-20-4-2-1-3-5-20;22-14-3-1-13(2-4-14)11-16-19(26-15(7-9-25)8-10-27)12-28-21-18(24)6-5-17(23)20(16)21;17-12-3-1-10(2-4-12)9-11-7-8-20-16-14(19)6-5-13(18)15(11)16;1-5-6-9(7-8-12)13-10(14)15-11(2,3)4;1-5-6-8(7-12)11-9(13)14-10(2,3)4;2-1(3)4/h1-11,22-23,26,33H,12-13,15-18H2;1-6,15-16,19,26-27H,7-8,10-12H2;1-7H,8-9H2;9H,5-7H2,1-4H3,(H,13,14);8,12H,5-7H2,1-4H3,(H,11,13);/t22-,23?,26?;15-,16?,19?;;9-;8-;/m11.00./s1. The highest BCUT2D eigenvalue weighted by molar-refractivity contribution is 7.54. The Morgan fingerprint density at radius 1 is 0.517 bits per heavy atom. The fourth-order valence-corrected chi connectivity index (χ4v) is 12.9. The van der Waals surface area contributed by atoms with Crippen molar-refractivity contribution in [3.8, 4) is 35.5 Å². The second-order valence-electron chi connectivity index (χ2n) is 29.2. The van der Waals surface area contributed by atoms with Crippen LogP contribution in [0.1, 0.15) is 164 Å². The topological polar surface area (TPSA) is 249 Å². The molecule has 7 aromatic rings. The van der Waals surface area contributed by atoms with Crippen molar-refractivity contribution in [3.05, 3.63) is 235 Å². The minimum atomic E-state index is -0.750. The Kier molecular flexibility index (Phi) is 43.5. The van der Waals surface area contributed by atoms with E-state index < -0.39 is 69.2 Å². The number of nitrogens with one attached hydrogen (secondary N) is 4. The number of nitrogens with zero attached hydrogens (tertiary/aromatic N) is 3. The van der Waals surface area contributed by atoms with E-state index in [9.17, 15) is 46.3 Å². The zero-order valence-corrected chi connectivity index (χ0v) is 70.6. The number of aliphatic hydroxyl groups excluding tert-OH is 2. The number of hydrogen-bond donors (Lipinski definition) is 6. The number of carbonyl (C=O) groups is 2. The van der Waals surface area contributed by atoms with E-state index in [1.807, 2.05) is 101 Å². The maximum Gasteiger partial charge on any atom is 0.450 e. The average Bonchev–Trinajstić information content (AvgIpc) is 0.906. The minimum absolute atomic E-state index is 0.00327. The number of rotatable bonds is 27. The van der Waals surface area contributed by atoms with Gasteiger partial charge in [0.25, 0.3) is 0 Å². The summed E-state index contributed by atoms with van der Waals surface area (Å²) in [5, 5.41) is 59.1. The van der Waals surface area contributed by atoms with E-state index in [1.54, 1.807) is 63.2 Å². The van der Waals surface area contributed by atoms with Crippen LogP contribution in [0.25, 0.3) is 5.57 Å². The molecule has 30 heteroatoms. The molecule has 2 amide bonds. The van der Waals surface area contributed by atoms with E-state index in [4.69, 9.17) is 113 Å². The van der Waals surface area contributed by atoms with Crippen LogP contribution in [0.4, 0.5) is 35.9 Å². The lowest BCUT2D eigenvalue weighted by atomic mass is 9.83. The monoisotopic (exact) mass is 1730 g/mol. The number of allylic oxidation sites excluding steroid dienone is 1. The predicted octanol–water partition coefficient (Wildman–Crippen LogP) is 20.7. The molecule has 626 valence electrons. The van der Waals surface area contributed by atoms with Gasteiger partial charge in [-0.2, -0.15) is 50.2 Å². The molecule has 0 aliphatic carbocycles. The summed E-state index contributed by atoms with van der Waals surface area (Å²) in [5.74, 6) is -4.11. The van der Waals surface area contributed by atoms with E-state index in [0.717, 1.165) is 89.9 Å². The lowest BCUT2D eigenvalue weighted by molar-refractivity contribution is 0.0474. The third-order valence-corrected chi connectivity index (χ3v) is 18.5. The van der Waals surface area contributed by atoms with Crippen LogP contribution < -0.4 is 35.5 Å². The first-order valence-electron chi connectivity index (χ1n) is 37.9. The first-order chi connectivity index (χ1) is 55.2. The van der Waals surface area contributed by atoms with Crippen molar-refractivity contribution in [2.45, 2.75) is 198 Å². The van der Waals surface area contributed by atoms with Crippen LogP contribution in [0.15, 0.2) is 146 Å². The number of ether oxygens (including phenoxy) is 6. The molecule has 8 atom stereocenters. The van der Waals surface area contributed by atoms with Gasteiger partial charge in [-0.05, 0) is 193 Å². The quantitative estimate of drug-likeness (QED) is 0.0159. The molecule has 0 fully saturated rings. The maximum absolute atomic E-state index is 15.0. The molecule has 3 heterocycles. The van der Waals surface area contributed by atoms with Crippen LogP contribution in [0.2, 0.25) is 15.1 Å². The number of amides is 2.